The molecular weight excluding hydrogens is 162 g/mol. The number of rotatable bonds is 4. The number of nitrogens with zero attached hydrogens (tertiary/aromatic N) is 1. The first-order valence-electron chi connectivity index (χ1n) is 4.66. The van der Waals surface area contributed by atoms with E-state index in [1.165, 1.54) is 5.56 Å². The van der Waals surface area contributed by atoms with Crippen LogP contribution in [0.1, 0.15) is 24.6 Å². The van der Waals surface area contributed by atoms with Gasteiger partial charge in [-0.3, -0.25) is 0 Å². The van der Waals surface area contributed by atoms with Crippen molar-refractivity contribution in [2.45, 2.75) is 26.8 Å². The quantitative estimate of drug-likeness (QED) is 0.688. The van der Waals surface area contributed by atoms with Crippen LogP contribution in [0.5, 0.6) is 0 Å². The summed E-state index contributed by atoms with van der Waals surface area (Å²) < 4.78 is 0. The Kier molecular flexibility index (Phi) is 3.71. The maximum absolute atomic E-state index is 5.55. The van der Waals surface area contributed by atoms with E-state index in [0.717, 1.165) is 25.2 Å². The van der Waals surface area contributed by atoms with Gasteiger partial charge in [-0.15, -0.1) is 0 Å². The maximum Gasteiger partial charge on any atom is 0.123 e. The predicted molar refractivity (Wildman–Crippen MR) is 55.4 cm³/mol. The number of hydrogen-bond donors (Lipinski definition) is 2. The van der Waals surface area contributed by atoms with Crippen molar-refractivity contribution in [3.05, 3.63) is 23.4 Å². The van der Waals surface area contributed by atoms with E-state index in [-0.39, 0.29) is 0 Å². The summed E-state index contributed by atoms with van der Waals surface area (Å²) in [7, 11) is 0. The second-order valence-corrected chi connectivity index (χ2v) is 3.16. The molecule has 1 heterocycles. The van der Waals surface area contributed by atoms with Crippen LogP contribution in [0, 0.1) is 6.92 Å². The van der Waals surface area contributed by atoms with Gasteiger partial charge in [0, 0.05) is 12.2 Å². The minimum absolute atomic E-state index is 0.594. The fourth-order valence-electron chi connectivity index (χ4n) is 1.20. The van der Waals surface area contributed by atoms with E-state index >= 15 is 0 Å². The molecule has 0 saturated carbocycles. The fraction of sp³-hybridized carbons (Fsp3) is 0.500. The lowest BCUT2D eigenvalue weighted by Gasteiger charge is -2.06. The molecule has 0 spiro atoms. The van der Waals surface area contributed by atoms with Crippen LogP contribution in [-0.2, 0) is 6.54 Å². The van der Waals surface area contributed by atoms with Gasteiger partial charge in [0.2, 0.25) is 0 Å². The summed E-state index contributed by atoms with van der Waals surface area (Å²) in [5.41, 5.74) is 7.79. The highest BCUT2D eigenvalue weighted by Gasteiger charge is 1.98. The summed E-state index contributed by atoms with van der Waals surface area (Å²) >= 11 is 0. The highest BCUT2D eigenvalue weighted by molar-refractivity contribution is 5.33. The summed E-state index contributed by atoms with van der Waals surface area (Å²) in [6.07, 6.45) is 1.15. The number of anilines is 1. The monoisotopic (exact) mass is 179 g/mol. The molecule has 0 aromatic carbocycles. The summed E-state index contributed by atoms with van der Waals surface area (Å²) in [6.45, 7) is 6.07. The molecule has 0 unspecified atom stereocenters. The topological polar surface area (TPSA) is 50.9 Å². The number of nitrogens with two attached hydrogens (primary N) is 1. The van der Waals surface area contributed by atoms with Gasteiger partial charge in [0.05, 0.1) is 0 Å². The van der Waals surface area contributed by atoms with Crippen LogP contribution in [0.4, 0.5) is 5.82 Å². The Morgan fingerprint density at radius 1 is 1.46 bits per heavy atom. The van der Waals surface area contributed by atoms with Crippen molar-refractivity contribution in [1.82, 2.24) is 10.3 Å². The molecule has 0 fully saturated rings. The molecule has 3 nitrogen and oxygen atoms in total. The zero-order valence-electron chi connectivity index (χ0n) is 8.30. The van der Waals surface area contributed by atoms with Gasteiger partial charge in [0.25, 0.3) is 0 Å². The number of hydrogen-bond acceptors (Lipinski definition) is 3. The van der Waals surface area contributed by atoms with Crippen LogP contribution in [0.2, 0.25) is 0 Å². The second kappa shape index (κ2) is 4.82. The van der Waals surface area contributed by atoms with Gasteiger partial charge in [-0.25, -0.2) is 4.98 Å². The normalized spacial score (nSPS) is 10.3. The Morgan fingerprint density at radius 2 is 2.23 bits per heavy atom. The van der Waals surface area contributed by atoms with Crippen molar-refractivity contribution in [3.63, 3.8) is 0 Å². The number of aromatic nitrogens is 1. The summed E-state index contributed by atoms with van der Waals surface area (Å²) in [6, 6.07) is 3.87. The van der Waals surface area contributed by atoms with E-state index in [0.29, 0.717) is 5.82 Å². The van der Waals surface area contributed by atoms with Crippen LogP contribution in [0.3, 0.4) is 0 Å². The first-order valence-corrected chi connectivity index (χ1v) is 4.66. The van der Waals surface area contributed by atoms with E-state index in [9.17, 15) is 0 Å². The molecule has 72 valence electrons. The Hall–Kier alpha value is -1.09. The number of nitrogen functional groups attached to an aromatic ring is 1. The van der Waals surface area contributed by atoms with Crippen molar-refractivity contribution in [3.8, 4) is 0 Å². The molecule has 3 N–H and O–H groups in total. The first-order chi connectivity index (χ1) is 6.24. The van der Waals surface area contributed by atoms with Gasteiger partial charge in [0.15, 0.2) is 0 Å². The average Bonchev–Trinajstić information content (AvgIpc) is 2.09. The zero-order valence-corrected chi connectivity index (χ0v) is 8.30. The standard InChI is InChI=1S/C10H17N3/c1-3-6-12-7-9-4-5-10(11)13-8(9)2/h4-5,12H,3,6-7H2,1-2H3,(H2,11,13). The lowest BCUT2D eigenvalue weighted by atomic mass is 10.2. The Morgan fingerprint density at radius 3 is 2.85 bits per heavy atom. The van der Waals surface area contributed by atoms with E-state index < -0.39 is 0 Å². The number of nitrogens with one attached hydrogen (secondary N) is 1. The summed E-state index contributed by atoms with van der Waals surface area (Å²) in [5, 5.41) is 3.33. The molecule has 13 heavy (non-hydrogen) atoms. The van der Waals surface area contributed by atoms with Crippen LogP contribution in [0.25, 0.3) is 0 Å². The third-order valence-electron chi connectivity index (χ3n) is 1.96. The van der Waals surface area contributed by atoms with Crippen LogP contribution in [-0.4, -0.2) is 11.5 Å². The van der Waals surface area contributed by atoms with Gasteiger partial charge in [-0.05, 0) is 31.5 Å². The van der Waals surface area contributed by atoms with Gasteiger partial charge in [-0.2, -0.15) is 0 Å². The minimum atomic E-state index is 0.594. The molecule has 3 heteroatoms. The number of pyridine rings is 1. The molecule has 0 aliphatic carbocycles. The maximum atomic E-state index is 5.55. The molecule has 0 amide bonds. The second-order valence-electron chi connectivity index (χ2n) is 3.16. The number of aryl methyl sites for hydroxylation is 1. The summed E-state index contributed by atoms with van der Waals surface area (Å²) in [5.74, 6) is 0.594. The van der Waals surface area contributed by atoms with Crippen molar-refractivity contribution < 1.29 is 0 Å². The SMILES string of the molecule is CCCNCc1ccc(N)nc1C. The summed E-state index contributed by atoms with van der Waals surface area (Å²) in [4.78, 5) is 4.19. The smallest absolute Gasteiger partial charge is 0.123 e. The van der Waals surface area contributed by atoms with Crippen molar-refractivity contribution in [2.75, 3.05) is 12.3 Å². The predicted octanol–water partition coefficient (Wildman–Crippen LogP) is 1.47. The fourth-order valence-corrected chi connectivity index (χ4v) is 1.20. The molecule has 1 rings (SSSR count). The van der Waals surface area contributed by atoms with Crippen LogP contribution >= 0.6 is 0 Å². The van der Waals surface area contributed by atoms with Crippen LogP contribution in [0.15, 0.2) is 12.1 Å². The molecule has 0 atom stereocenters. The van der Waals surface area contributed by atoms with Gasteiger partial charge < -0.3 is 11.1 Å². The highest BCUT2D eigenvalue weighted by Crippen LogP contribution is 2.07. The third-order valence-corrected chi connectivity index (χ3v) is 1.96. The largest absolute Gasteiger partial charge is 0.384 e. The van der Waals surface area contributed by atoms with E-state index in [4.69, 9.17) is 5.73 Å². The lowest BCUT2D eigenvalue weighted by molar-refractivity contribution is 0.671. The van der Waals surface area contributed by atoms with Crippen molar-refractivity contribution in [1.29, 1.82) is 0 Å². The molecule has 1 aromatic rings. The Bertz CT molecular complexity index is 271. The molecule has 0 radical (unpaired) electrons. The Labute approximate surface area is 79.4 Å². The third kappa shape index (κ3) is 3.03. The lowest BCUT2D eigenvalue weighted by Crippen LogP contribution is -2.15. The van der Waals surface area contributed by atoms with Crippen molar-refractivity contribution in [2.24, 2.45) is 0 Å². The van der Waals surface area contributed by atoms with E-state index in [1.807, 2.05) is 19.1 Å². The minimum Gasteiger partial charge on any atom is -0.384 e. The van der Waals surface area contributed by atoms with Gasteiger partial charge in [0.1, 0.15) is 5.82 Å². The van der Waals surface area contributed by atoms with Crippen LogP contribution < -0.4 is 11.1 Å². The first kappa shape index (κ1) is 9.99. The zero-order chi connectivity index (χ0) is 9.68. The highest BCUT2D eigenvalue weighted by atomic mass is 14.9. The average molecular weight is 179 g/mol. The molecule has 0 aliphatic heterocycles. The van der Waals surface area contributed by atoms with Gasteiger partial charge >= 0.3 is 0 Å². The molecule has 0 aliphatic rings. The van der Waals surface area contributed by atoms with Crippen molar-refractivity contribution >= 4 is 5.82 Å². The molecule has 0 bridgehead atoms. The molecule has 1 aromatic heterocycles. The Balaban J connectivity index is 2.56. The van der Waals surface area contributed by atoms with E-state index in [2.05, 4.69) is 17.2 Å². The molecular formula is C10H17N3. The molecule has 0 saturated heterocycles. The van der Waals surface area contributed by atoms with E-state index in [1.54, 1.807) is 0 Å². The van der Waals surface area contributed by atoms with Gasteiger partial charge in [-0.1, -0.05) is 13.0 Å².